The van der Waals surface area contributed by atoms with Crippen LogP contribution in [0, 0.1) is 20.8 Å². The Labute approximate surface area is 143 Å². The predicted octanol–water partition coefficient (Wildman–Crippen LogP) is 2.43. The van der Waals surface area contributed by atoms with Crippen LogP contribution in [0.25, 0.3) is 0 Å². The average molecular weight is 333 g/mol. The molecule has 0 aliphatic rings. The predicted molar refractivity (Wildman–Crippen MR) is 92.2 cm³/mol. The average Bonchev–Trinajstić information content (AvgIpc) is 2.98. The number of aromatic nitrogens is 2. The van der Waals surface area contributed by atoms with Crippen molar-refractivity contribution >= 4 is 0 Å². The number of aliphatic hydroxyl groups excluding tert-OH is 1. The van der Waals surface area contributed by atoms with E-state index in [1.165, 1.54) is 5.56 Å². The van der Waals surface area contributed by atoms with Gasteiger partial charge in [-0.05, 0) is 44.5 Å². The fourth-order valence-electron chi connectivity index (χ4n) is 2.53. The molecule has 1 heterocycles. The smallest absolute Gasteiger partial charge is 0.240 e. The zero-order valence-corrected chi connectivity index (χ0v) is 15.2. The van der Waals surface area contributed by atoms with Gasteiger partial charge in [-0.2, -0.15) is 4.98 Å². The molecular formula is C18H27N3O3. The molecule has 6 nitrogen and oxygen atoms in total. The maximum atomic E-state index is 10.2. The number of rotatable bonds is 8. The van der Waals surface area contributed by atoms with E-state index >= 15 is 0 Å². The molecule has 0 saturated carbocycles. The Kier molecular flexibility index (Phi) is 6.34. The highest BCUT2D eigenvalue weighted by molar-refractivity contribution is 5.44. The Morgan fingerprint density at radius 3 is 2.62 bits per heavy atom. The van der Waals surface area contributed by atoms with Crippen molar-refractivity contribution in [3.63, 3.8) is 0 Å². The van der Waals surface area contributed by atoms with E-state index < -0.39 is 6.10 Å². The van der Waals surface area contributed by atoms with Gasteiger partial charge in [0, 0.05) is 13.0 Å². The Hall–Kier alpha value is -1.92. The molecule has 24 heavy (non-hydrogen) atoms. The minimum atomic E-state index is -0.595. The van der Waals surface area contributed by atoms with Gasteiger partial charge in [0.05, 0.1) is 6.54 Å². The van der Waals surface area contributed by atoms with Crippen molar-refractivity contribution in [3.8, 4) is 5.75 Å². The molecule has 2 rings (SSSR count). The lowest BCUT2D eigenvalue weighted by molar-refractivity contribution is 0.0708. The van der Waals surface area contributed by atoms with Crippen molar-refractivity contribution < 1.29 is 14.4 Å². The van der Waals surface area contributed by atoms with E-state index in [0.29, 0.717) is 24.8 Å². The van der Waals surface area contributed by atoms with Crippen molar-refractivity contribution in [1.29, 1.82) is 0 Å². The number of aliphatic hydroxyl groups is 1. The number of hydrogen-bond donors (Lipinski definition) is 1. The van der Waals surface area contributed by atoms with Gasteiger partial charge in [-0.25, -0.2) is 0 Å². The second-order valence-electron chi connectivity index (χ2n) is 6.27. The SMILES string of the molecule is CCc1noc(CN(C)CC(O)COc2c(C)ccc(C)c2C)n1. The summed E-state index contributed by atoms with van der Waals surface area (Å²) >= 11 is 0. The van der Waals surface area contributed by atoms with Crippen LogP contribution in [-0.2, 0) is 13.0 Å². The molecule has 0 aliphatic carbocycles. The van der Waals surface area contributed by atoms with Gasteiger partial charge in [0.1, 0.15) is 18.5 Å². The molecule has 0 radical (unpaired) electrons. The highest BCUT2D eigenvalue weighted by Gasteiger charge is 2.14. The van der Waals surface area contributed by atoms with Crippen molar-refractivity contribution in [2.75, 3.05) is 20.2 Å². The summed E-state index contributed by atoms with van der Waals surface area (Å²) in [7, 11) is 1.90. The third-order valence-electron chi connectivity index (χ3n) is 4.05. The summed E-state index contributed by atoms with van der Waals surface area (Å²) in [4.78, 5) is 6.21. The van der Waals surface area contributed by atoms with Gasteiger partial charge in [0.2, 0.25) is 5.89 Å². The molecule has 1 N–H and O–H groups in total. The first kappa shape index (κ1) is 18.4. The van der Waals surface area contributed by atoms with Crippen molar-refractivity contribution in [2.45, 2.75) is 46.8 Å². The van der Waals surface area contributed by atoms with Crippen LogP contribution in [0.1, 0.15) is 35.3 Å². The van der Waals surface area contributed by atoms with Crippen LogP contribution in [0.15, 0.2) is 16.7 Å². The van der Waals surface area contributed by atoms with Gasteiger partial charge in [0.25, 0.3) is 0 Å². The molecule has 1 aromatic heterocycles. The normalized spacial score (nSPS) is 12.6. The van der Waals surface area contributed by atoms with Gasteiger partial charge in [-0.15, -0.1) is 0 Å². The summed E-state index contributed by atoms with van der Waals surface area (Å²) in [6.45, 7) is 9.31. The number of nitrogens with zero attached hydrogens (tertiary/aromatic N) is 3. The largest absolute Gasteiger partial charge is 0.490 e. The fraction of sp³-hybridized carbons (Fsp3) is 0.556. The lowest BCUT2D eigenvalue weighted by atomic mass is 10.1. The second kappa shape index (κ2) is 8.26. The van der Waals surface area contributed by atoms with E-state index in [-0.39, 0.29) is 6.61 Å². The van der Waals surface area contributed by atoms with Crippen LogP contribution in [0.2, 0.25) is 0 Å². The molecule has 1 atom stereocenters. The van der Waals surface area contributed by atoms with Crippen molar-refractivity contribution in [3.05, 3.63) is 40.5 Å². The highest BCUT2D eigenvalue weighted by Crippen LogP contribution is 2.25. The third-order valence-corrected chi connectivity index (χ3v) is 4.05. The maximum Gasteiger partial charge on any atom is 0.240 e. The molecule has 0 aliphatic heterocycles. The van der Waals surface area contributed by atoms with E-state index in [2.05, 4.69) is 23.1 Å². The molecule has 0 spiro atoms. The van der Waals surface area contributed by atoms with Gasteiger partial charge in [0.15, 0.2) is 5.82 Å². The number of likely N-dealkylation sites (N-methyl/N-ethyl adjacent to an activating group) is 1. The van der Waals surface area contributed by atoms with Crippen LogP contribution in [0.4, 0.5) is 0 Å². The quantitative estimate of drug-likeness (QED) is 0.800. The van der Waals surface area contributed by atoms with Crippen molar-refractivity contribution in [2.24, 2.45) is 0 Å². The number of ether oxygens (including phenoxy) is 1. The molecule has 2 aromatic rings. The summed E-state index contributed by atoms with van der Waals surface area (Å²) in [6, 6.07) is 4.12. The molecule has 1 aromatic carbocycles. The van der Waals surface area contributed by atoms with Crippen LogP contribution in [0.5, 0.6) is 5.75 Å². The second-order valence-corrected chi connectivity index (χ2v) is 6.27. The fourth-order valence-corrected chi connectivity index (χ4v) is 2.53. The monoisotopic (exact) mass is 333 g/mol. The first-order valence-electron chi connectivity index (χ1n) is 8.28. The summed E-state index contributed by atoms with van der Waals surface area (Å²) in [6.07, 6.45) is 0.154. The van der Waals surface area contributed by atoms with Gasteiger partial charge < -0.3 is 14.4 Å². The van der Waals surface area contributed by atoms with E-state index in [9.17, 15) is 5.11 Å². The highest BCUT2D eigenvalue weighted by atomic mass is 16.5. The first-order valence-corrected chi connectivity index (χ1v) is 8.28. The van der Waals surface area contributed by atoms with Crippen LogP contribution in [-0.4, -0.2) is 46.5 Å². The zero-order valence-electron chi connectivity index (χ0n) is 15.2. The summed E-state index contributed by atoms with van der Waals surface area (Å²) < 4.78 is 11.0. The minimum Gasteiger partial charge on any atom is -0.490 e. The van der Waals surface area contributed by atoms with Crippen LogP contribution >= 0.6 is 0 Å². The Morgan fingerprint density at radius 1 is 1.25 bits per heavy atom. The molecule has 0 fully saturated rings. The minimum absolute atomic E-state index is 0.250. The summed E-state index contributed by atoms with van der Waals surface area (Å²) in [5.41, 5.74) is 3.38. The standard InChI is InChI=1S/C18H27N3O3/c1-6-16-19-17(24-20-16)10-21(5)9-15(22)11-23-18-13(3)8-7-12(2)14(18)4/h7-8,15,22H,6,9-11H2,1-5H3. The Bertz CT molecular complexity index is 670. The molecule has 0 saturated heterocycles. The summed E-state index contributed by atoms with van der Waals surface area (Å²) in [5.74, 6) is 2.13. The lowest BCUT2D eigenvalue weighted by Crippen LogP contribution is -2.33. The van der Waals surface area contributed by atoms with E-state index in [1.54, 1.807) is 0 Å². The van der Waals surface area contributed by atoms with E-state index in [4.69, 9.17) is 9.26 Å². The Morgan fingerprint density at radius 2 is 1.96 bits per heavy atom. The molecule has 0 bridgehead atoms. The van der Waals surface area contributed by atoms with Gasteiger partial charge in [-0.3, -0.25) is 4.90 Å². The molecule has 1 unspecified atom stereocenters. The Balaban J connectivity index is 1.84. The third kappa shape index (κ3) is 4.79. The number of aryl methyl sites for hydroxylation is 3. The maximum absolute atomic E-state index is 10.2. The van der Waals surface area contributed by atoms with Crippen LogP contribution in [0.3, 0.4) is 0 Å². The van der Waals surface area contributed by atoms with E-state index in [1.807, 2.05) is 38.8 Å². The zero-order chi connectivity index (χ0) is 17.7. The summed E-state index contributed by atoms with van der Waals surface area (Å²) in [5, 5.41) is 14.1. The molecular weight excluding hydrogens is 306 g/mol. The van der Waals surface area contributed by atoms with Crippen LogP contribution < -0.4 is 4.74 Å². The molecule has 6 heteroatoms. The molecule has 132 valence electrons. The number of benzene rings is 1. The first-order chi connectivity index (χ1) is 11.4. The van der Waals surface area contributed by atoms with Crippen molar-refractivity contribution in [1.82, 2.24) is 15.0 Å². The van der Waals surface area contributed by atoms with Gasteiger partial charge in [-0.1, -0.05) is 24.2 Å². The topological polar surface area (TPSA) is 71.6 Å². The lowest BCUT2D eigenvalue weighted by Gasteiger charge is -2.20. The number of hydrogen-bond acceptors (Lipinski definition) is 6. The van der Waals surface area contributed by atoms with E-state index in [0.717, 1.165) is 23.3 Å². The van der Waals surface area contributed by atoms with Gasteiger partial charge >= 0.3 is 0 Å². The molecule has 0 amide bonds.